The maximum Gasteiger partial charge on any atom is 0.265 e. The molecule has 0 unspecified atom stereocenters. The zero-order valence-electron chi connectivity index (χ0n) is 17.3. The van der Waals surface area contributed by atoms with E-state index in [0.29, 0.717) is 21.7 Å². The highest BCUT2D eigenvalue weighted by Crippen LogP contribution is 2.23. The van der Waals surface area contributed by atoms with Crippen LogP contribution in [0.2, 0.25) is 5.02 Å². The monoisotopic (exact) mass is 434 g/mol. The molecule has 30 heavy (non-hydrogen) atoms. The van der Waals surface area contributed by atoms with E-state index in [4.69, 9.17) is 16.6 Å². The van der Waals surface area contributed by atoms with E-state index in [1.807, 2.05) is 26.0 Å². The van der Waals surface area contributed by atoms with Gasteiger partial charge in [0.25, 0.3) is 5.56 Å². The summed E-state index contributed by atoms with van der Waals surface area (Å²) in [5.41, 5.74) is 6.17. The molecule has 0 atom stereocenters. The van der Waals surface area contributed by atoms with Crippen molar-refractivity contribution in [3.05, 3.63) is 104 Å². The molecule has 0 N–H and O–H groups in total. The molecule has 0 spiro atoms. The van der Waals surface area contributed by atoms with Crippen molar-refractivity contribution < 1.29 is 0 Å². The van der Waals surface area contributed by atoms with Crippen LogP contribution in [0.15, 0.2) is 65.5 Å². The highest BCUT2D eigenvalue weighted by Gasteiger charge is 2.14. The summed E-state index contributed by atoms with van der Waals surface area (Å²) >= 11 is 7.91. The number of rotatable bonds is 5. The average molecular weight is 435 g/mol. The third-order valence-corrected chi connectivity index (χ3v) is 6.22. The lowest BCUT2D eigenvalue weighted by atomic mass is 10.1. The highest BCUT2D eigenvalue weighted by molar-refractivity contribution is 7.97. The molecule has 0 saturated heterocycles. The van der Waals surface area contributed by atoms with Crippen molar-refractivity contribution in [2.45, 2.75) is 32.3 Å². The molecular weight excluding hydrogens is 412 g/mol. The van der Waals surface area contributed by atoms with Gasteiger partial charge in [-0.3, -0.25) is 9.36 Å². The van der Waals surface area contributed by atoms with Gasteiger partial charge in [-0.2, -0.15) is 0 Å². The van der Waals surface area contributed by atoms with E-state index in [-0.39, 0.29) is 5.56 Å². The second-order valence-electron chi connectivity index (χ2n) is 7.65. The van der Waals surface area contributed by atoms with Crippen molar-refractivity contribution in [1.82, 2.24) is 9.55 Å². The molecule has 0 aliphatic carbocycles. The molecule has 0 saturated carbocycles. The first kappa shape index (κ1) is 20.7. The van der Waals surface area contributed by atoms with Gasteiger partial charge < -0.3 is 0 Å². The Kier molecular flexibility index (Phi) is 5.98. The molecule has 0 fully saturated rings. The molecule has 152 valence electrons. The standard InChI is InChI=1S/C25H23ClN2OS/c1-16-4-6-19(7-5-16)14-30-15-24-27-23-13-20(26)8-9-22(23)25(29)28(24)21-11-17(2)10-18(3)12-21/h4-13H,14-15H2,1-3H3. The lowest BCUT2D eigenvalue weighted by Gasteiger charge is -2.15. The van der Waals surface area contributed by atoms with E-state index in [0.717, 1.165) is 28.4 Å². The summed E-state index contributed by atoms with van der Waals surface area (Å²) in [6, 6.07) is 20.0. The molecular formula is C25H23ClN2OS. The van der Waals surface area contributed by atoms with Crippen molar-refractivity contribution >= 4 is 34.3 Å². The molecule has 3 nitrogen and oxygen atoms in total. The first-order valence-corrected chi connectivity index (χ1v) is 11.4. The summed E-state index contributed by atoms with van der Waals surface area (Å²) in [6.07, 6.45) is 0. The minimum absolute atomic E-state index is 0.0624. The molecule has 0 amide bonds. The third-order valence-electron chi connectivity index (χ3n) is 4.99. The third kappa shape index (κ3) is 4.45. The Hall–Kier alpha value is -2.56. The van der Waals surface area contributed by atoms with Crippen LogP contribution >= 0.6 is 23.4 Å². The fourth-order valence-electron chi connectivity index (χ4n) is 3.59. The van der Waals surface area contributed by atoms with Crippen LogP contribution in [0.1, 0.15) is 28.1 Å². The number of hydrogen-bond acceptors (Lipinski definition) is 3. The van der Waals surface area contributed by atoms with Crippen molar-refractivity contribution in [3.8, 4) is 5.69 Å². The van der Waals surface area contributed by atoms with E-state index >= 15 is 0 Å². The van der Waals surface area contributed by atoms with Gasteiger partial charge in [-0.1, -0.05) is 47.5 Å². The molecule has 0 bridgehead atoms. The van der Waals surface area contributed by atoms with Gasteiger partial charge in [0, 0.05) is 10.8 Å². The van der Waals surface area contributed by atoms with E-state index in [9.17, 15) is 4.79 Å². The van der Waals surface area contributed by atoms with E-state index in [2.05, 4.69) is 37.3 Å². The Morgan fingerprint density at radius 2 is 1.57 bits per heavy atom. The summed E-state index contributed by atoms with van der Waals surface area (Å²) in [6.45, 7) is 6.17. The topological polar surface area (TPSA) is 34.9 Å². The smallest absolute Gasteiger partial charge is 0.265 e. The van der Waals surface area contributed by atoms with Crippen LogP contribution in [0.5, 0.6) is 0 Å². The van der Waals surface area contributed by atoms with Crippen LogP contribution in [0, 0.1) is 20.8 Å². The molecule has 3 aromatic carbocycles. The van der Waals surface area contributed by atoms with Gasteiger partial charge in [0.05, 0.1) is 22.3 Å². The van der Waals surface area contributed by atoms with Crippen LogP contribution in [0.4, 0.5) is 0 Å². The minimum Gasteiger partial charge on any atom is -0.268 e. The number of nitrogens with zero attached hydrogens (tertiary/aromatic N) is 2. The maximum atomic E-state index is 13.4. The number of fused-ring (bicyclic) bond motifs is 1. The first-order valence-electron chi connectivity index (χ1n) is 9.84. The van der Waals surface area contributed by atoms with Gasteiger partial charge in [-0.15, -0.1) is 11.8 Å². The van der Waals surface area contributed by atoms with E-state index in [1.54, 1.807) is 34.5 Å². The van der Waals surface area contributed by atoms with Crippen LogP contribution < -0.4 is 5.56 Å². The van der Waals surface area contributed by atoms with E-state index < -0.39 is 0 Å². The second-order valence-corrected chi connectivity index (χ2v) is 9.08. The quantitative estimate of drug-likeness (QED) is 0.364. The highest BCUT2D eigenvalue weighted by atomic mass is 35.5. The zero-order valence-corrected chi connectivity index (χ0v) is 18.8. The molecule has 1 heterocycles. The largest absolute Gasteiger partial charge is 0.268 e. The number of thioether (sulfide) groups is 1. The van der Waals surface area contributed by atoms with Crippen molar-refractivity contribution in [2.75, 3.05) is 0 Å². The van der Waals surface area contributed by atoms with Gasteiger partial charge in [0.2, 0.25) is 0 Å². The minimum atomic E-state index is -0.0624. The van der Waals surface area contributed by atoms with Gasteiger partial charge in [-0.25, -0.2) is 4.98 Å². The Labute approximate surface area is 185 Å². The second kappa shape index (κ2) is 8.66. The normalized spacial score (nSPS) is 11.2. The summed E-state index contributed by atoms with van der Waals surface area (Å²) in [4.78, 5) is 18.3. The molecule has 4 rings (SSSR count). The number of aryl methyl sites for hydroxylation is 3. The average Bonchev–Trinajstić information content (AvgIpc) is 2.68. The Morgan fingerprint density at radius 3 is 2.27 bits per heavy atom. The molecule has 5 heteroatoms. The van der Waals surface area contributed by atoms with Gasteiger partial charge in [-0.05, 0) is 67.8 Å². The summed E-state index contributed by atoms with van der Waals surface area (Å²) < 4.78 is 1.75. The fourth-order valence-corrected chi connectivity index (χ4v) is 4.66. The van der Waals surface area contributed by atoms with Crippen molar-refractivity contribution in [2.24, 2.45) is 0 Å². The predicted molar refractivity (Wildman–Crippen MR) is 128 cm³/mol. The fraction of sp³-hybridized carbons (Fsp3) is 0.200. The zero-order chi connectivity index (χ0) is 21.3. The Balaban J connectivity index is 1.77. The molecule has 0 aliphatic heterocycles. The summed E-state index contributed by atoms with van der Waals surface area (Å²) in [5, 5.41) is 1.16. The molecule has 0 aliphatic rings. The SMILES string of the molecule is Cc1ccc(CSCc2nc3cc(Cl)ccc3c(=O)n2-c2cc(C)cc(C)c2)cc1. The van der Waals surface area contributed by atoms with Crippen molar-refractivity contribution in [1.29, 1.82) is 0 Å². The van der Waals surface area contributed by atoms with Crippen LogP contribution in [0.25, 0.3) is 16.6 Å². The maximum absolute atomic E-state index is 13.4. The number of benzene rings is 3. The molecule has 4 aromatic rings. The predicted octanol–water partition coefficient (Wildman–Crippen LogP) is 6.40. The van der Waals surface area contributed by atoms with Gasteiger partial charge in [0.15, 0.2) is 0 Å². The lowest BCUT2D eigenvalue weighted by Crippen LogP contribution is -2.23. The number of hydrogen-bond donors (Lipinski definition) is 0. The number of aromatic nitrogens is 2. The first-order chi connectivity index (χ1) is 14.4. The van der Waals surface area contributed by atoms with Crippen LogP contribution in [-0.2, 0) is 11.5 Å². The van der Waals surface area contributed by atoms with Crippen LogP contribution in [-0.4, -0.2) is 9.55 Å². The summed E-state index contributed by atoms with van der Waals surface area (Å²) in [7, 11) is 0. The molecule has 1 aromatic heterocycles. The van der Waals surface area contributed by atoms with Crippen molar-refractivity contribution in [3.63, 3.8) is 0 Å². The number of halogens is 1. The van der Waals surface area contributed by atoms with Gasteiger partial charge in [0.1, 0.15) is 5.82 Å². The van der Waals surface area contributed by atoms with Crippen LogP contribution in [0.3, 0.4) is 0 Å². The Morgan fingerprint density at radius 1 is 0.867 bits per heavy atom. The van der Waals surface area contributed by atoms with E-state index in [1.165, 1.54) is 11.1 Å². The lowest BCUT2D eigenvalue weighted by molar-refractivity contribution is 0.881. The summed E-state index contributed by atoms with van der Waals surface area (Å²) in [5.74, 6) is 2.21. The molecule has 0 radical (unpaired) electrons. The Bertz CT molecular complexity index is 1260. The van der Waals surface area contributed by atoms with Gasteiger partial charge >= 0.3 is 0 Å².